The van der Waals surface area contributed by atoms with Crippen LogP contribution in [0, 0.1) is 11.6 Å². The Morgan fingerprint density at radius 2 is 2.29 bits per heavy atom. The lowest BCUT2D eigenvalue weighted by Crippen LogP contribution is -2.47. The zero-order chi connectivity index (χ0) is 12.1. The molecule has 2 rings (SSSR count). The van der Waals surface area contributed by atoms with Crippen LogP contribution in [0.1, 0.15) is 5.56 Å². The second-order valence-corrected chi connectivity index (χ2v) is 4.09. The minimum Gasteiger partial charge on any atom is -0.378 e. The van der Waals surface area contributed by atoms with Gasteiger partial charge in [-0.3, -0.25) is 0 Å². The lowest BCUT2D eigenvalue weighted by Gasteiger charge is -2.24. The predicted octanol–water partition coefficient (Wildman–Crippen LogP) is 1.04. The fraction of sp³-hybridized carbons (Fsp3) is 0.500. The molecule has 1 aliphatic heterocycles. The van der Waals surface area contributed by atoms with Crippen LogP contribution in [0.2, 0.25) is 0 Å². The van der Waals surface area contributed by atoms with Crippen molar-refractivity contribution in [2.45, 2.75) is 12.6 Å². The Hall–Kier alpha value is -1.04. The van der Waals surface area contributed by atoms with E-state index in [0.29, 0.717) is 25.3 Å². The van der Waals surface area contributed by atoms with Crippen LogP contribution in [0.3, 0.4) is 0 Å². The van der Waals surface area contributed by atoms with Crippen LogP contribution < -0.4 is 10.6 Å². The number of halogens is 2. The van der Waals surface area contributed by atoms with Crippen molar-refractivity contribution in [3.8, 4) is 0 Å². The molecule has 0 bridgehead atoms. The van der Waals surface area contributed by atoms with Crippen LogP contribution in [-0.4, -0.2) is 32.3 Å². The van der Waals surface area contributed by atoms with Gasteiger partial charge in [0.15, 0.2) is 0 Å². The fourth-order valence-electron chi connectivity index (χ4n) is 1.81. The van der Waals surface area contributed by atoms with E-state index in [2.05, 4.69) is 10.6 Å². The highest BCUT2D eigenvalue weighted by Gasteiger charge is 2.12. The highest BCUT2D eigenvalue weighted by molar-refractivity contribution is 5.18. The number of benzene rings is 1. The molecule has 1 aliphatic rings. The first-order valence-corrected chi connectivity index (χ1v) is 5.71. The molecule has 0 saturated carbocycles. The third-order valence-corrected chi connectivity index (χ3v) is 2.71. The number of ether oxygens (including phenoxy) is 1. The summed E-state index contributed by atoms with van der Waals surface area (Å²) in [5.41, 5.74) is 0.349. The number of hydrogen-bond acceptors (Lipinski definition) is 3. The molecule has 1 aromatic rings. The summed E-state index contributed by atoms with van der Waals surface area (Å²) in [6, 6.07) is 3.72. The van der Waals surface area contributed by atoms with Crippen molar-refractivity contribution in [1.82, 2.24) is 10.6 Å². The van der Waals surface area contributed by atoms with Crippen LogP contribution in [0.15, 0.2) is 18.2 Å². The number of hydrogen-bond donors (Lipinski definition) is 2. The monoisotopic (exact) mass is 242 g/mol. The Balaban J connectivity index is 1.79. The fourth-order valence-corrected chi connectivity index (χ4v) is 1.81. The molecule has 0 spiro atoms. The number of morpholine rings is 1. The first kappa shape index (κ1) is 12.4. The van der Waals surface area contributed by atoms with E-state index in [1.165, 1.54) is 6.07 Å². The van der Waals surface area contributed by atoms with Gasteiger partial charge in [0.05, 0.1) is 13.2 Å². The number of rotatable bonds is 4. The molecule has 0 amide bonds. The molecule has 17 heavy (non-hydrogen) atoms. The van der Waals surface area contributed by atoms with E-state index in [0.717, 1.165) is 25.3 Å². The third-order valence-electron chi connectivity index (χ3n) is 2.71. The smallest absolute Gasteiger partial charge is 0.127 e. The van der Waals surface area contributed by atoms with Gasteiger partial charge in [0.2, 0.25) is 0 Å². The second-order valence-electron chi connectivity index (χ2n) is 4.09. The molecule has 1 unspecified atom stereocenters. The highest BCUT2D eigenvalue weighted by Crippen LogP contribution is 2.09. The molecule has 1 atom stereocenters. The van der Waals surface area contributed by atoms with Crippen LogP contribution in [0.5, 0.6) is 0 Å². The normalized spacial score (nSPS) is 20.5. The van der Waals surface area contributed by atoms with E-state index in [-0.39, 0.29) is 11.9 Å². The SMILES string of the molecule is Fc1ccc(F)c(CNCC2COCCN2)c1. The zero-order valence-electron chi connectivity index (χ0n) is 9.51. The van der Waals surface area contributed by atoms with E-state index in [4.69, 9.17) is 4.74 Å². The van der Waals surface area contributed by atoms with Crippen LogP contribution in [0.4, 0.5) is 8.78 Å². The van der Waals surface area contributed by atoms with E-state index in [9.17, 15) is 8.78 Å². The van der Waals surface area contributed by atoms with Crippen molar-refractivity contribution >= 4 is 0 Å². The average molecular weight is 242 g/mol. The molecule has 3 nitrogen and oxygen atoms in total. The Morgan fingerprint density at radius 3 is 3.06 bits per heavy atom. The van der Waals surface area contributed by atoms with Gasteiger partial charge in [-0.2, -0.15) is 0 Å². The van der Waals surface area contributed by atoms with Crippen LogP contribution >= 0.6 is 0 Å². The molecule has 0 aliphatic carbocycles. The second kappa shape index (κ2) is 6.05. The van der Waals surface area contributed by atoms with Gasteiger partial charge in [-0.15, -0.1) is 0 Å². The van der Waals surface area contributed by atoms with Gasteiger partial charge < -0.3 is 15.4 Å². The molecule has 1 fully saturated rings. The average Bonchev–Trinajstić information content (AvgIpc) is 2.35. The Labute approximate surface area is 99.2 Å². The summed E-state index contributed by atoms with van der Waals surface area (Å²) in [4.78, 5) is 0. The molecule has 0 aromatic heterocycles. The summed E-state index contributed by atoms with van der Waals surface area (Å²) in [6.45, 7) is 3.21. The van der Waals surface area contributed by atoms with Crippen molar-refractivity contribution < 1.29 is 13.5 Å². The van der Waals surface area contributed by atoms with Gasteiger partial charge in [-0.1, -0.05) is 0 Å². The standard InChI is InChI=1S/C12H16F2N2O/c13-10-1-2-12(14)9(5-10)6-15-7-11-8-17-4-3-16-11/h1-2,5,11,15-16H,3-4,6-8H2. The lowest BCUT2D eigenvalue weighted by molar-refractivity contribution is 0.0766. The Kier molecular flexibility index (Phi) is 4.42. The van der Waals surface area contributed by atoms with E-state index in [1.54, 1.807) is 0 Å². The van der Waals surface area contributed by atoms with Gasteiger partial charge in [0, 0.05) is 31.2 Å². The van der Waals surface area contributed by atoms with Crippen molar-refractivity contribution in [1.29, 1.82) is 0 Å². The van der Waals surface area contributed by atoms with Crippen molar-refractivity contribution in [3.63, 3.8) is 0 Å². The summed E-state index contributed by atoms with van der Waals surface area (Å²) >= 11 is 0. The minimum absolute atomic E-state index is 0.236. The largest absolute Gasteiger partial charge is 0.378 e. The van der Waals surface area contributed by atoms with E-state index >= 15 is 0 Å². The molecular formula is C12H16F2N2O. The van der Waals surface area contributed by atoms with Gasteiger partial charge in [-0.05, 0) is 18.2 Å². The van der Waals surface area contributed by atoms with E-state index < -0.39 is 5.82 Å². The molecule has 2 N–H and O–H groups in total. The number of nitrogens with one attached hydrogen (secondary N) is 2. The molecule has 0 radical (unpaired) electrons. The topological polar surface area (TPSA) is 33.3 Å². The van der Waals surface area contributed by atoms with Crippen LogP contribution in [-0.2, 0) is 11.3 Å². The Morgan fingerprint density at radius 1 is 1.41 bits per heavy atom. The first-order valence-electron chi connectivity index (χ1n) is 5.71. The van der Waals surface area contributed by atoms with Gasteiger partial charge in [0.25, 0.3) is 0 Å². The van der Waals surface area contributed by atoms with Crippen molar-refractivity contribution in [3.05, 3.63) is 35.4 Å². The summed E-state index contributed by atoms with van der Waals surface area (Å²) in [6.07, 6.45) is 0. The van der Waals surface area contributed by atoms with Crippen molar-refractivity contribution in [2.75, 3.05) is 26.3 Å². The maximum atomic E-state index is 13.3. The minimum atomic E-state index is -0.415. The molecule has 1 aromatic carbocycles. The molecule has 1 heterocycles. The van der Waals surface area contributed by atoms with E-state index in [1.807, 2.05) is 0 Å². The quantitative estimate of drug-likeness (QED) is 0.827. The molecular weight excluding hydrogens is 226 g/mol. The van der Waals surface area contributed by atoms with Crippen molar-refractivity contribution in [2.24, 2.45) is 0 Å². The summed E-state index contributed by atoms with van der Waals surface area (Å²) < 4.78 is 31.5. The predicted molar refractivity (Wildman–Crippen MR) is 60.7 cm³/mol. The maximum Gasteiger partial charge on any atom is 0.127 e. The van der Waals surface area contributed by atoms with Gasteiger partial charge >= 0.3 is 0 Å². The highest BCUT2D eigenvalue weighted by atomic mass is 19.1. The van der Waals surface area contributed by atoms with Gasteiger partial charge in [-0.25, -0.2) is 8.78 Å². The lowest BCUT2D eigenvalue weighted by atomic mass is 10.2. The third kappa shape index (κ3) is 3.73. The molecule has 94 valence electrons. The molecule has 5 heteroatoms. The zero-order valence-corrected chi connectivity index (χ0v) is 9.51. The first-order chi connectivity index (χ1) is 8.25. The summed E-state index contributed by atoms with van der Waals surface area (Å²) in [7, 11) is 0. The summed E-state index contributed by atoms with van der Waals surface area (Å²) in [5, 5.41) is 6.37. The van der Waals surface area contributed by atoms with Crippen LogP contribution in [0.25, 0.3) is 0 Å². The molecule has 1 saturated heterocycles. The Bertz CT molecular complexity index is 368. The van der Waals surface area contributed by atoms with Gasteiger partial charge in [0.1, 0.15) is 11.6 Å². The summed E-state index contributed by atoms with van der Waals surface area (Å²) in [5.74, 6) is -0.797. The maximum absolute atomic E-state index is 13.3.